The highest BCUT2D eigenvalue weighted by Crippen LogP contribution is 2.31. The lowest BCUT2D eigenvalue weighted by Crippen LogP contribution is -2.55. The summed E-state index contributed by atoms with van der Waals surface area (Å²) in [6.07, 6.45) is -0.725. The summed E-state index contributed by atoms with van der Waals surface area (Å²) in [7, 11) is 0. The Balaban J connectivity index is 1.24. The monoisotopic (exact) mass is 454 g/mol. The molecule has 1 atom stereocenters. The first-order chi connectivity index (χ1) is 15.5. The minimum atomic E-state index is -0.725. The van der Waals surface area contributed by atoms with Crippen molar-refractivity contribution in [1.82, 2.24) is 9.80 Å². The lowest BCUT2D eigenvalue weighted by Gasteiger charge is -2.36. The lowest BCUT2D eigenvalue weighted by atomic mass is 10.2. The number of ether oxygens (including phenoxy) is 2. The molecule has 3 aromatic rings. The fraction of sp³-hybridized carbons (Fsp3) is 0.261. The van der Waals surface area contributed by atoms with Crippen molar-refractivity contribution in [3.8, 4) is 11.5 Å². The third-order valence-corrected chi connectivity index (χ3v) is 5.80. The summed E-state index contributed by atoms with van der Waals surface area (Å²) in [4.78, 5) is 41.4. The SMILES string of the molecule is O=C(c1cc(=O)c2cc(Cl)ccc2o1)N1CCN(C(=O)C2COc3ccccc3O2)CC1. The third kappa shape index (κ3) is 3.78. The average molecular weight is 455 g/mol. The Morgan fingerprint density at radius 2 is 1.66 bits per heavy atom. The molecule has 2 aliphatic rings. The molecule has 2 amide bonds. The number of piperazine rings is 1. The van der Waals surface area contributed by atoms with E-state index in [1.54, 1.807) is 34.1 Å². The van der Waals surface area contributed by atoms with Gasteiger partial charge in [-0.15, -0.1) is 0 Å². The Kier molecular flexibility index (Phi) is 5.22. The van der Waals surface area contributed by atoms with Crippen LogP contribution in [0.2, 0.25) is 5.02 Å². The van der Waals surface area contributed by atoms with Crippen LogP contribution in [-0.4, -0.2) is 60.5 Å². The van der Waals surface area contributed by atoms with E-state index in [2.05, 4.69) is 0 Å². The highest BCUT2D eigenvalue weighted by molar-refractivity contribution is 6.31. The van der Waals surface area contributed by atoms with Crippen LogP contribution in [0.4, 0.5) is 0 Å². The van der Waals surface area contributed by atoms with E-state index in [0.29, 0.717) is 53.7 Å². The molecule has 0 N–H and O–H groups in total. The second-order valence-electron chi connectivity index (χ2n) is 7.60. The number of halogens is 1. The largest absolute Gasteiger partial charge is 0.485 e. The summed E-state index contributed by atoms with van der Waals surface area (Å²) < 4.78 is 17.1. The van der Waals surface area contributed by atoms with Gasteiger partial charge in [0.2, 0.25) is 6.10 Å². The molecule has 0 aliphatic carbocycles. The number of carbonyl (C=O) groups is 2. The minimum absolute atomic E-state index is 0.0368. The molecule has 164 valence electrons. The van der Waals surface area contributed by atoms with Gasteiger partial charge in [-0.2, -0.15) is 0 Å². The van der Waals surface area contributed by atoms with Crippen molar-refractivity contribution < 1.29 is 23.5 Å². The van der Waals surface area contributed by atoms with Gasteiger partial charge in [-0.1, -0.05) is 23.7 Å². The van der Waals surface area contributed by atoms with Crippen molar-refractivity contribution in [2.45, 2.75) is 6.10 Å². The standard InChI is InChI=1S/C23H19ClN2O6/c24-14-5-6-17-15(11-14)16(27)12-20(31-17)22(28)25-7-9-26(10-8-25)23(29)21-13-30-18-3-1-2-4-19(18)32-21/h1-6,11-12,21H,7-10,13H2. The number of hydrogen-bond acceptors (Lipinski definition) is 6. The van der Waals surface area contributed by atoms with Crippen LogP contribution in [0.15, 0.2) is 57.7 Å². The Morgan fingerprint density at radius 1 is 0.938 bits per heavy atom. The van der Waals surface area contributed by atoms with E-state index < -0.39 is 12.0 Å². The molecular formula is C23H19ClN2O6. The molecule has 1 aromatic heterocycles. The molecule has 0 bridgehead atoms. The first kappa shape index (κ1) is 20.4. The van der Waals surface area contributed by atoms with Gasteiger partial charge in [-0.3, -0.25) is 14.4 Å². The third-order valence-electron chi connectivity index (χ3n) is 5.56. The zero-order valence-corrected chi connectivity index (χ0v) is 17.7. The number of benzene rings is 2. The van der Waals surface area contributed by atoms with Gasteiger partial charge in [0.25, 0.3) is 11.8 Å². The van der Waals surface area contributed by atoms with Crippen molar-refractivity contribution in [3.05, 3.63) is 69.5 Å². The average Bonchev–Trinajstić information content (AvgIpc) is 2.83. The maximum Gasteiger partial charge on any atom is 0.289 e. The normalized spacial score (nSPS) is 18.0. The fourth-order valence-electron chi connectivity index (χ4n) is 3.86. The maximum atomic E-state index is 12.9. The van der Waals surface area contributed by atoms with Crippen LogP contribution >= 0.6 is 11.6 Å². The quantitative estimate of drug-likeness (QED) is 0.591. The van der Waals surface area contributed by atoms with Gasteiger partial charge in [-0.25, -0.2) is 0 Å². The van der Waals surface area contributed by atoms with Crippen molar-refractivity contribution in [3.63, 3.8) is 0 Å². The van der Waals surface area contributed by atoms with Crippen LogP contribution in [0.5, 0.6) is 11.5 Å². The number of carbonyl (C=O) groups excluding carboxylic acids is 2. The summed E-state index contributed by atoms with van der Waals surface area (Å²) in [5.41, 5.74) is -0.0329. The molecule has 0 spiro atoms. The van der Waals surface area contributed by atoms with Gasteiger partial charge in [-0.05, 0) is 30.3 Å². The van der Waals surface area contributed by atoms with Gasteiger partial charge in [0.05, 0.1) is 5.39 Å². The van der Waals surface area contributed by atoms with Gasteiger partial charge in [0.1, 0.15) is 12.2 Å². The summed E-state index contributed by atoms with van der Waals surface area (Å²) in [6.45, 7) is 1.47. The van der Waals surface area contributed by atoms with Crippen LogP contribution < -0.4 is 14.9 Å². The summed E-state index contributed by atoms with van der Waals surface area (Å²) >= 11 is 5.93. The van der Waals surface area contributed by atoms with Gasteiger partial charge >= 0.3 is 0 Å². The van der Waals surface area contributed by atoms with E-state index in [9.17, 15) is 14.4 Å². The van der Waals surface area contributed by atoms with E-state index in [4.69, 9.17) is 25.5 Å². The van der Waals surface area contributed by atoms with Gasteiger partial charge in [0.15, 0.2) is 22.7 Å². The Bertz CT molecular complexity index is 1260. The van der Waals surface area contributed by atoms with Crippen molar-refractivity contribution >= 4 is 34.4 Å². The summed E-state index contributed by atoms with van der Waals surface area (Å²) in [6, 6.07) is 13.1. The second kappa shape index (κ2) is 8.20. The summed E-state index contributed by atoms with van der Waals surface area (Å²) in [5, 5.41) is 0.737. The van der Waals surface area contributed by atoms with E-state index in [0.717, 1.165) is 0 Å². The highest BCUT2D eigenvalue weighted by Gasteiger charge is 2.34. The molecule has 8 nitrogen and oxygen atoms in total. The molecule has 1 unspecified atom stereocenters. The summed E-state index contributed by atoms with van der Waals surface area (Å²) in [5.74, 6) is 0.549. The zero-order valence-electron chi connectivity index (χ0n) is 17.0. The number of amides is 2. The lowest BCUT2D eigenvalue weighted by molar-refractivity contribution is -0.142. The highest BCUT2D eigenvalue weighted by atomic mass is 35.5. The number of fused-ring (bicyclic) bond motifs is 2. The molecule has 9 heteroatoms. The topological polar surface area (TPSA) is 89.3 Å². The van der Waals surface area contributed by atoms with E-state index in [1.807, 2.05) is 12.1 Å². The van der Waals surface area contributed by atoms with Gasteiger partial charge in [0, 0.05) is 37.3 Å². The molecule has 1 saturated heterocycles. The van der Waals surface area contributed by atoms with Crippen LogP contribution in [0.1, 0.15) is 10.6 Å². The van der Waals surface area contributed by atoms with Crippen LogP contribution in [0.3, 0.4) is 0 Å². The fourth-order valence-corrected chi connectivity index (χ4v) is 4.04. The molecule has 0 radical (unpaired) electrons. The van der Waals surface area contributed by atoms with Crippen LogP contribution in [0, 0.1) is 0 Å². The van der Waals surface area contributed by atoms with Crippen LogP contribution in [-0.2, 0) is 4.79 Å². The zero-order chi connectivity index (χ0) is 22.2. The van der Waals surface area contributed by atoms with Crippen molar-refractivity contribution in [2.24, 2.45) is 0 Å². The van der Waals surface area contributed by atoms with E-state index in [-0.39, 0.29) is 23.7 Å². The molecule has 3 heterocycles. The molecule has 5 rings (SSSR count). The number of nitrogens with zero attached hydrogens (tertiary/aromatic N) is 2. The minimum Gasteiger partial charge on any atom is -0.485 e. The molecular weight excluding hydrogens is 436 g/mol. The smallest absolute Gasteiger partial charge is 0.289 e. The van der Waals surface area contributed by atoms with Crippen LogP contribution in [0.25, 0.3) is 11.0 Å². The van der Waals surface area contributed by atoms with E-state index >= 15 is 0 Å². The number of para-hydroxylation sites is 2. The first-order valence-corrected chi connectivity index (χ1v) is 10.6. The van der Waals surface area contributed by atoms with Crippen molar-refractivity contribution in [1.29, 1.82) is 0 Å². The Labute approximate surface area is 187 Å². The van der Waals surface area contributed by atoms with E-state index in [1.165, 1.54) is 12.1 Å². The second-order valence-corrected chi connectivity index (χ2v) is 8.03. The Morgan fingerprint density at radius 3 is 2.44 bits per heavy atom. The molecule has 0 saturated carbocycles. The molecule has 2 aliphatic heterocycles. The Hall–Kier alpha value is -3.52. The molecule has 1 fully saturated rings. The maximum absolute atomic E-state index is 12.9. The predicted octanol–water partition coefficient (Wildman–Crippen LogP) is 2.57. The molecule has 32 heavy (non-hydrogen) atoms. The predicted molar refractivity (Wildman–Crippen MR) is 116 cm³/mol. The molecule has 2 aromatic carbocycles. The first-order valence-electron chi connectivity index (χ1n) is 10.2. The van der Waals surface area contributed by atoms with Crippen molar-refractivity contribution in [2.75, 3.05) is 32.8 Å². The van der Waals surface area contributed by atoms with Gasteiger partial charge < -0.3 is 23.7 Å². The number of hydrogen-bond donors (Lipinski definition) is 0. The number of rotatable bonds is 2.